The van der Waals surface area contributed by atoms with Crippen LogP contribution in [0.15, 0.2) is 18.2 Å². The molecule has 17 heavy (non-hydrogen) atoms. The fourth-order valence-corrected chi connectivity index (χ4v) is 1.46. The van der Waals surface area contributed by atoms with E-state index in [2.05, 4.69) is 0 Å². The Morgan fingerprint density at radius 1 is 1.35 bits per heavy atom. The van der Waals surface area contributed by atoms with Crippen LogP contribution in [0.25, 0.3) is 6.08 Å². The molecule has 0 aliphatic carbocycles. The van der Waals surface area contributed by atoms with Crippen molar-refractivity contribution in [3.63, 3.8) is 0 Å². The average molecular weight is 236 g/mol. The molecule has 1 aromatic rings. The van der Waals surface area contributed by atoms with Crippen LogP contribution < -0.4 is 4.74 Å². The van der Waals surface area contributed by atoms with Gasteiger partial charge in [-0.3, -0.25) is 4.79 Å². The van der Waals surface area contributed by atoms with E-state index in [0.29, 0.717) is 5.56 Å². The number of carboxylic acid groups (broad SMARTS) is 1. The maximum atomic E-state index is 11.5. The minimum Gasteiger partial charge on any atom is -0.504 e. The predicted octanol–water partition coefficient (Wildman–Crippen LogP) is 1.70. The van der Waals surface area contributed by atoms with Crippen LogP contribution in [0, 0.1) is 0 Å². The molecule has 0 fully saturated rings. The molecule has 0 unspecified atom stereocenters. The monoisotopic (exact) mass is 236 g/mol. The molecule has 0 saturated carbocycles. The number of carbonyl (C=O) groups is 2. The van der Waals surface area contributed by atoms with Gasteiger partial charge in [0.2, 0.25) is 0 Å². The third kappa shape index (κ3) is 2.84. The highest BCUT2D eigenvalue weighted by molar-refractivity contribution is 6.02. The van der Waals surface area contributed by atoms with Gasteiger partial charge in [0.25, 0.3) is 0 Å². The number of phenolic OH excluding ortho intramolecular Hbond substituents is 1. The second kappa shape index (κ2) is 5.16. The zero-order chi connectivity index (χ0) is 13.0. The molecule has 0 aliphatic heterocycles. The molecule has 0 aliphatic rings. The lowest BCUT2D eigenvalue weighted by molar-refractivity contribution is -0.131. The van der Waals surface area contributed by atoms with Crippen molar-refractivity contribution in [3.05, 3.63) is 29.3 Å². The Hall–Kier alpha value is -2.30. The number of methoxy groups -OCH3 is 1. The molecule has 0 amide bonds. The van der Waals surface area contributed by atoms with Gasteiger partial charge in [-0.05, 0) is 24.6 Å². The molecule has 2 N–H and O–H groups in total. The molecule has 0 aromatic heterocycles. The van der Waals surface area contributed by atoms with E-state index in [1.165, 1.54) is 32.2 Å². The molecule has 0 saturated heterocycles. The van der Waals surface area contributed by atoms with Gasteiger partial charge < -0.3 is 14.9 Å². The van der Waals surface area contributed by atoms with Crippen molar-refractivity contribution in [1.29, 1.82) is 0 Å². The second-order valence-corrected chi connectivity index (χ2v) is 3.31. The summed E-state index contributed by atoms with van der Waals surface area (Å²) < 4.78 is 4.93. The van der Waals surface area contributed by atoms with Crippen molar-refractivity contribution < 1.29 is 24.5 Å². The molecular weight excluding hydrogens is 224 g/mol. The van der Waals surface area contributed by atoms with E-state index in [4.69, 9.17) is 9.84 Å². The number of phenols is 1. The van der Waals surface area contributed by atoms with E-state index < -0.39 is 5.97 Å². The molecule has 0 bridgehead atoms. The van der Waals surface area contributed by atoms with E-state index in [9.17, 15) is 14.7 Å². The van der Waals surface area contributed by atoms with Gasteiger partial charge in [0.1, 0.15) is 0 Å². The Bertz CT molecular complexity index is 488. The largest absolute Gasteiger partial charge is 0.504 e. The lowest BCUT2D eigenvalue weighted by atomic mass is 10.0. The summed E-state index contributed by atoms with van der Waals surface area (Å²) in [6.07, 6.45) is 2.19. The lowest BCUT2D eigenvalue weighted by Gasteiger charge is -2.10. The summed E-state index contributed by atoms with van der Waals surface area (Å²) in [6, 6.07) is 2.79. The number of hydrogen-bond donors (Lipinski definition) is 2. The Labute approximate surface area is 98.0 Å². The maximum Gasteiger partial charge on any atom is 0.328 e. The van der Waals surface area contributed by atoms with Crippen LogP contribution in [0.5, 0.6) is 11.5 Å². The smallest absolute Gasteiger partial charge is 0.328 e. The fourth-order valence-electron chi connectivity index (χ4n) is 1.46. The standard InChI is InChI=1S/C12H12O5/c1-7(13)11-8(4-6-10(15)16)3-5-9(14)12(11)17-2/h3-6,14H,1-2H3,(H,15,16)/b6-4+. The van der Waals surface area contributed by atoms with Crippen LogP contribution in [0.1, 0.15) is 22.8 Å². The number of rotatable bonds is 4. The minimum atomic E-state index is -1.12. The fraction of sp³-hybridized carbons (Fsp3) is 0.167. The summed E-state index contributed by atoms with van der Waals surface area (Å²) in [5, 5.41) is 18.1. The van der Waals surface area contributed by atoms with Gasteiger partial charge in [-0.15, -0.1) is 0 Å². The van der Waals surface area contributed by atoms with Gasteiger partial charge in [0, 0.05) is 6.08 Å². The zero-order valence-corrected chi connectivity index (χ0v) is 9.43. The quantitative estimate of drug-likeness (QED) is 0.614. The first kappa shape index (κ1) is 12.8. The van der Waals surface area contributed by atoms with Crippen molar-refractivity contribution >= 4 is 17.8 Å². The predicted molar refractivity (Wildman–Crippen MR) is 61.3 cm³/mol. The first-order valence-electron chi connectivity index (χ1n) is 4.79. The zero-order valence-electron chi connectivity index (χ0n) is 9.43. The van der Waals surface area contributed by atoms with Gasteiger partial charge in [-0.2, -0.15) is 0 Å². The number of carbonyl (C=O) groups excluding carboxylic acids is 1. The molecule has 0 spiro atoms. The maximum absolute atomic E-state index is 11.5. The minimum absolute atomic E-state index is 0.0463. The highest BCUT2D eigenvalue weighted by atomic mass is 16.5. The lowest BCUT2D eigenvalue weighted by Crippen LogP contribution is -2.01. The van der Waals surface area contributed by atoms with Gasteiger partial charge >= 0.3 is 5.97 Å². The number of ketones is 1. The third-order valence-electron chi connectivity index (χ3n) is 2.13. The third-order valence-corrected chi connectivity index (χ3v) is 2.13. The number of aromatic hydroxyl groups is 1. The van der Waals surface area contributed by atoms with Crippen LogP contribution in [0.2, 0.25) is 0 Å². The molecular formula is C12H12O5. The van der Waals surface area contributed by atoms with E-state index in [1.807, 2.05) is 0 Å². The van der Waals surface area contributed by atoms with E-state index in [-0.39, 0.29) is 22.8 Å². The number of ether oxygens (including phenoxy) is 1. The van der Waals surface area contributed by atoms with Crippen molar-refractivity contribution in [2.24, 2.45) is 0 Å². The van der Waals surface area contributed by atoms with Crippen molar-refractivity contribution in [2.45, 2.75) is 6.92 Å². The molecule has 0 atom stereocenters. The number of Topliss-reactive ketones (excluding diaryl/α,β-unsaturated/α-hetero) is 1. The number of aliphatic carboxylic acids is 1. The summed E-state index contributed by atoms with van der Waals surface area (Å²) in [6.45, 7) is 1.31. The summed E-state index contributed by atoms with van der Waals surface area (Å²) in [5.74, 6) is -1.55. The van der Waals surface area contributed by atoms with Gasteiger partial charge in [0.15, 0.2) is 17.3 Å². The second-order valence-electron chi connectivity index (χ2n) is 3.31. The van der Waals surface area contributed by atoms with Gasteiger partial charge in [-0.1, -0.05) is 6.07 Å². The Morgan fingerprint density at radius 3 is 2.47 bits per heavy atom. The van der Waals surface area contributed by atoms with E-state index >= 15 is 0 Å². The normalized spacial score (nSPS) is 10.5. The van der Waals surface area contributed by atoms with Gasteiger partial charge in [-0.25, -0.2) is 4.79 Å². The van der Waals surface area contributed by atoms with E-state index in [0.717, 1.165) is 6.08 Å². The highest BCUT2D eigenvalue weighted by Gasteiger charge is 2.16. The number of hydrogen-bond acceptors (Lipinski definition) is 4. The van der Waals surface area contributed by atoms with Crippen molar-refractivity contribution in [1.82, 2.24) is 0 Å². The Kier molecular flexibility index (Phi) is 3.87. The molecule has 0 heterocycles. The average Bonchev–Trinajstić information content (AvgIpc) is 2.26. The molecule has 1 aromatic carbocycles. The summed E-state index contributed by atoms with van der Waals surface area (Å²) in [7, 11) is 1.33. The molecule has 90 valence electrons. The van der Waals surface area contributed by atoms with Crippen LogP contribution >= 0.6 is 0 Å². The molecule has 0 radical (unpaired) electrons. The van der Waals surface area contributed by atoms with Gasteiger partial charge in [0.05, 0.1) is 12.7 Å². The van der Waals surface area contributed by atoms with Crippen LogP contribution in [-0.2, 0) is 4.79 Å². The van der Waals surface area contributed by atoms with Crippen LogP contribution in [0.3, 0.4) is 0 Å². The summed E-state index contributed by atoms with van der Waals surface area (Å²) >= 11 is 0. The van der Waals surface area contributed by atoms with Crippen molar-refractivity contribution in [3.8, 4) is 11.5 Å². The Morgan fingerprint density at radius 2 is 2.00 bits per heavy atom. The summed E-state index contributed by atoms with van der Waals surface area (Å²) in [5.41, 5.74) is 0.541. The number of benzene rings is 1. The SMILES string of the molecule is COc1c(O)ccc(/C=C/C(=O)O)c1C(C)=O. The summed E-state index contributed by atoms with van der Waals surface area (Å²) in [4.78, 5) is 21.9. The molecule has 5 heteroatoms. The molecule has 1 rings (SSSR count). The molecule has 5 nitrogen and oxygen atoms in total. The Balaban J connectivity index is 3.40. The highest BCUT2D eigenvalue weighted by Crippen LogP contribution is 2.33. The van der Waals surface area contributed by atoms with Crippen molar-refractivity contribution in [2.75, 3.05) is 7.11 Å². The van der Waals surface area contributed by atoms with Crippen LogP contribution in [-0.4, -0.2) is 29.1 Å². The van der Waals surface area contributed by atoms with E-state index in [1.54, 1.807) is 0 Å². The first-order valence-corrected chi connectivity index (χ1v) is 4.79. The topological polar surface area (TPSA) is 83.8 Å². The number of carboxylic acids is 1. The van der Waals surface area contributed by atoms with Crippen LogP contribution in [0.4, 0.5) is 0 Å². The first-order chi connectivity index (χ1) is 7.97.